The van der Waals surface area contributed by atoms with Gasteiger partial charge in [0.05, 0.1) is 10.2 Å². The highest BCUT2D eigenvalue weighted by atomic mass is 35.5. The lowest BCUT2D eigenvalue weighted by Crippen LogP contribution is -2.47. The summed E-state index contributed by atoms with van der Waals surface area (Å²) < 4.78 is 0.850. The minimum atomic E-state index is -0.403. The van der Waals surface area contributed by atoms with Gasteiger partial charge in [0.25, 0.3) is 5.91 Å². The summed E-state index contributed by atoms with van der Waals surface area (Å²) in [6.07, 6.45) is 0. The summed E-state index contributed by atoms with van der Waals surface area (Å²) in [6.45, 7) is 3.22. The van der Waals surface area contributed by atoms with Crippen LogP contribution in [0.2, 0.25) is 5.02 Å². The van der Waals surface area contributed by atoms with Crippen molar-refractivity contribution in [1.82, 2.24) is 14.8 Å². The van der Waals surface area contributed by atoms with Crippen LogP contribution < -0.4 is 10.6 Å². The standard InChI is InChI=1S/C20H20ClN5O2S/c1-25-7-9-26(10-8-25)18(27)13-5-6-16-17(11-13)29-20(23-16)24-19(28)22-15-4-2-3-14(21)12-15/h2-6,11-12H,7-10H2,1H3,(H2,22,23,24,28). The van der Waals surface area contributed by atoms with Crippen LogP contribution in [0, 0.1) is 0 Å². The maximum absolute atomic E-state index is 12.8. The SMILES string of the molecule is CN1CCN(C(=O)c2ccc3nc(NC(=O)Nc4cccc(Cl)c4)sc3c2)CC1. The number of hydrogen-bond donors (Lipinski definition) is 2. The van der Waals surface area contributed by atoms with Crippen LogP contribution in [-0.2, 0) is 0 Å². The third-order valence-corrected chi connectivity index (χ3v) is 5.90. The Kier molecular flexibility index (Phi) is 5.66. The van der Waals surface area contributed by atoms with E-state index in [1.54, 1.807) is 30.3 Å². The molecule has 0 radical (unpaired) electrons. The maximum atomic E-state index is 12.8. The van der Waals surface area contributed by atoms with Crippen molar-refractivity contribution in [3.05, 3.63) is 53.1 Å². The Morgan fingerprint density at radius 2 is 1.86 bits per heavy atom. The van der Waals surface area contributed by atoms with Crippen LogP contribution in [0.15, 0.2) is 42.5 Å². The van der Waals surface area contributed by atoms with Gasteiger partial charge < -0.3 is 15.1 Å². The minimum Gasteiger partial charge on any atom is -0.336 e. The number of thiazole rings is 1. The van der Waals surface area contributed by atoms with E-state index in [2.05, 4.69) is 27.6 Å². The topological polar surface area (TPSA) is 77.6 Å². The molecule has 1 fully saturated rings. The summed E-state index contributed by atoms with van der Waals surface area (Å²) in [5.74, 6) is 0.0293. The molecule has 2 heterocycles. The highest BCUT2D eigenvalue weighted by molar-refractivity contribution is 7.22. The number of aromatic nitrogens is 1. The number of urea groups is 1. The zero-order valence-corrected chi connectivity index (χ0v) is 17.4. The van der Waals surface area contributed by atoms with Gasteiger partial charge in [0, 0.05) is 42.5 Å². The molecule has 2 N–H and O–H groups in total. The third kappa shape index (κ3) is 4.67. The van der Waals surface area contributed by atoms with Gasteiger partial charge in [-0.1, -0.05) is 29.0 Å². The highest BCUT2D eigenvalue weighted by Crippen LogP contribution is 2.27. The number of nitrogens with zero attached hydrogens (tertiary/aromatic N) is 3. The van der Waals surface area contributed by atoms with E-state index in [1.165, 1.54) is 11.3 Å². The summed E-state index contributed by atoms with van der Waals surface area (Å²) in [7, 11) is 2.06. The van der Waals surface area contributed by atoms with Gasteiger partial charge >= 0.3 is 6.03 Å². The first-order valence-electron chi connectivity index (χ1n) is 9.20. The van der Waals surface area contributed by atoms with E-state index in [4.69, 9.17) is 11.6 Å². The van der Waals surface area contributed by atoms with Crippen molar-refractivity contribution < 1.29 is 9.59 Å². The van der Waals surface area contributed by atoms with Gasteiger partial charge in [-0.25, -0.2) is 9.78 Å². The molecule has 29 heavy (non-hydrogen) atoms. The number of carbonyl (C=O) groups excluding carboxylic acids is 2. The lowest BCUT2D eigenvalue weighted by Gasteiger charge is -2.32. The molecule has 0 bridgehead atoms. The van der Waals surface area contributed by atoms with E-state index in [1.807, 2.05) is 17.0 Å². The van der Waals surface area contributed by atoms with Gasteiger partial charge in [-0.05, 0) is 43.4 Å². The molecule has 9 heteroatoms. The number of nitrogens with one attached hydrogen (secondary N) is 2. The average Bonchev–Trinajstić information content (AvgIpc) is 3.09. The molecular weight excluding hydrogens is 410 g/mol. The van der Waals surface area contributed by atoms with Crippen LogP contribution in [0.1, 0.15) is 10.4 Å². The second-order valence-electron chi connectivity index (χ2n) is 6.89. The zero-order valence-electron chi connectivity index (χ0n) is 15.8. The number of anilines is 2. The van der Waals surface area contributed by atoms with E-state index in [9.17, 15) is 9.59 Å². The van der Waals surface area contributed by atoms with Crippen LogP contribution in [0.25, 0.3) is 10.2 Å². The van der Waals surface area contributed by atoms with Crippen molar-refractivity contribution >= 4 is 55.9 Å². The molecule has 1 saturated heterocycles. The Hall–Kier alpha value is -2.68. The quantitative estimate of drug-likeness (QED) is 0.660. The van der Waals surface area contributed by atoms with Crippen LogP contribution in [0.3, 0.4) is 0 Å². The maximum Gasteiger partial charge on any atom is 0.325 e. The summed E-state index contributed by atoms with van der Waals surface area (Å²) in [6, 6.07) is 11.9. The molecule has 2 aromatic carbocycles. The number of fused-ring (bicyclic) bond motifs is 1. The smallest absolute Gasteiger partial charge is 0.325 e. The number of benzene rings is 2. The minimum absolute atomic E-state index is 0.0293. The molecule has 3 amide bonds. The summed E-state index contributed by atoms with van der Waals surface area (Å²) in [5.41, 5.74) is 1.97. The predicted octanol–water partition coefficient (Wildman–Crippen LogP) is 3.98. The van der Waals surface area contributed by atoms with Gasteiger partial charge in [-0.3, -0.25) is 10.1 Å². The van der Waals surface area contributed by atoms with Gasteiger partial charge in [0.1, 0.15) is 0 Å². The number of hydrogen-bond acceptors (Lipinski definition) is 5. The molecule has 4 rings (SSSR count). The molecule has 0 atom stereocenters. The van der Waals surface area contributed by atoms with Crippen LogP contribution in [-0.4, -0.2) is 59.9 Å². The van der Waals surface area contributed by atoms with Gasteiger partial charge in [0.15, 0.2) is 5.13 Å². The monoisotopic (exact) mass is 429 g/mol. The third-order valence-electron chi connectivity index (χ3n) is 4.73. The molecule has 0 spiro atoms. The lowest BCUT2D eigenvalue weighted by molar-refractivity contribution is 0.0664. The van der Waals surface area contributed by atoms with E-state index in [-0.39, 0.29) is 5.91 Å². The van der Waals surface area contributed by atoms with Crippen LogP contribution in [0.5, 0.6) is 0 Å². The number of rotatable bonds is 3. The molecule has 150 valence electrons. The van der Waals surface area contributed by atoms with Gasteiger partial charge in [-0.15, -0.1) is 0 Å². The van der Waals surface area contributed by atoms with Crippen molar-refractivity contribution in [1.29, 1.82) is 0 Å². The highest BCUT2D eigenvalue weighted by Gasteiger charge is 2.21. The number of likely N-dealkylation sites (N-methyl/N-ethyl adjacent to an activating group) is 1. The molecule has 1 aliphatic heterocycles. The summed E-state index contributed by atoms with van der Waals surface area (Å²) in [4.78, 5) is 33.5. The van der Waals surface area contributed by atoms with Gasteiger partial charge in [0.2, 0.25) is 0 Å². The summed E-state index contributed by atoms with van der Waals surface area (Å²) >= 11 is 7.26. The molecule has 1 aliphatic rings. The van der Waals surface area contributed by atoms with Crippen molar-refractivity contribution in [2.24, 2.45) is 0 Å². The Morgan fingerprint density at radius 3 is 2.62 bits per heavy atom. The molecule has 7 nitrogen and oxygen atoms in total. The first-order chi connectivity index (χ1) is 14.0. The van der Waals surface area contributed by atoms with Crippen LogP contribution >= 0.6 is 22.9 Å². The van der Waals surface area contributed by atoms with Crippen molar-refractivity contribution in [3.8, 4) is 0 Å². The van der Waals surface area contributed by atoms with Crippen molar-refractivity contribution in [2.75, 3.05) is 43.9 Å². The molecule has 0 aliphatic carbocycles. The molecule has 3 aromatic rings. The average molecular weight is 430 g/mol. The zero-order chi connectivity index (χ0) is 20.4. The largest absolute Gasteiger partial charge is 0.336 e. The fourth-order valence-corrected chi connectivity index (χ4v) is 4.22. The van der Waals surface area contributed by atoms with Gasteiger partial charge in [-0.2, -0.15) is 0 Å². The normalized spacial score (nSPS) is 14.8. The second kappa shape index (κ2) is 8.36. The van der Waals surface area contributed by atoms with E-state index < -0.39 is 6.03 Å². The van der Waals surface area contributed by atoms with Crippen molar-refractivity contribution in [3.63, 3.8) is 0 Å². The molecule has 0 unspecified atom stereocenters. The molecular formula is C20H20ClN5O2S. The Labute approximate surface area is 177 Å². The predicted molar refractivity (Wildman–Crippen MR) is 117 cm³/mol. The Morgan fingerprint density at radius 1 is 1.07 bits per heavy atom. The number of carbonyl (C=O) groups is 2. The Balaban J connectivity index is 1.45. The number of halogens is 1. The van der Waals surface area contributed by atoms with E-state index in [0.717, 1.165) is 36.4 Å². The van der Waals surface area contributed by atoms with E-state index in [0.29, 0.717) is 21.4 Å². The number of piperazine rings is 1. The molecule has 0 saturated carbocycles. The molecule has 1 aromatic heterocycles. The first kappa shape index (κ1) is 19.6. The lowest BCUT2D eigenvalue weighted by atomic mass is 10.1. The summed E-state index contributed by atoms with van der Waals surface area (Å²) in [5, 5.41) is 6.45. The first-order valence-corrected chi connectivity index (χ1v) is 10.4. The number of amides is 3. The Bertz CT molecular complexity index is 1060. The van der Waals surface area contributed by atoms with Crippen LogP contribution in [0.4, 0.5) is 15.6 Å². The fourth-order valence-electron chi connectivity index (χ4n) is 3.13. The van der Waals surface area contributed by atoms with Crippen molar-refractivity contribution in [2.45, 2.75) is 0 Å². The second-order valence-corrected chi connectivity index (χ2v) is 8.35. The fraction of sp³-hybridized carbons (Fsp3) is 0.250. The van der Waals surface area contributed by atoms with E-state index >= 15 is 0 Å².